The third-order valence-corrected chi connectivity index (χ3v) is 3.12. The summed E-state index contributed by atoms with van der Waals surface area (Å²) in [6.45, 7) is 4.97. The van der Waals surface area contributed by atoms with Gasteiger partial charge in [0.25, 0.3) is 0 Å². The summed E-state index contributed by atoms with van der Waals surface area (Å²) in [5.41, 5.74) is 8.09. The molecule has 0 saturated heterocycles. The number of anilines is 1. The minimum Gasteiger partial charge on any atom is -0.497 e. The molecule has 102 valence electrons. The van der Waals surface area contributed by atoms with Gasteiger partial charge in [0.1, 0.15) is 5.75 Å². The zero-order valence-corrected chi connectivity index (χ0v) is 11.6. The van der Waals surface area contributed by atoms with Gasteiger partial charge in [-0.25, -0.2) is 4.68 Å². The molecule has 5 nitrogen and oxygen atoms in total. The maximum absolute atomic E-state index is 5.84. The van der Waals surface area contributed by atoms with E-state index in [0.717, 1.165) is 24.4 Å². The Morgan fingerprint density at radius 3 is 2.53 bits per heavy atom. The normalized spacial score (nSPS) is 10.9. The average Bonchev–Trinajstić information content (AvgIpc) is 2.78. The number of hydrogen-bond donors (Lipinski definition) is 1. The number of nitrogen functional groups attached to an aromatic ring is 1. The standard InChI is InChI=1S/C14H20N4O/c1-10(2)13-14(15)16-17-18(13)9-8-11-4-6-12(19-3)7-5-11/h4-7,10H,8-9,15H2,1-3H3. The van der Waals surface area contributed by atoms with Gasteiger partial charge < -0.3 is 10.5 Å². The number of nitrogens with zero attached hydrogens (tertiary/aromatic N) is 3. The fourth-order valence-electron chi connectivity index (χ4n) is 2.12. The second-order valence-electron chi connectivity index (χ2n) is 4.84. The SMILES string of the molecule is COc1ccc(CCn2nnc(N)c2C(C)C)cc1. The topological polar surface area (TPSA) is 66.0 Å². The minimum absolute atomic E-state index is 0.325. The number of benzene rings is 1. The molecule has 0 aliphatic heterocycles. The van der Waals surface area contributed by atoms with Crippen molar-refractivity contribution in [1.82, 2.24) is 15.0 Å². The van der Waals surface area contributed by atoms with Gasteiger partial charge in [-0.2, -0.15) is 0 Å². The van der Waals surface area contributed by atoms with Crippen LogP contribution in [0, 0.1) is 0 Å². The minimum atomic E-state index is 0.325. The fourth-order valence-corrected chi connectivity index (χ4v) is 2.12. The molecule has 0 saturated carbocycles. The van der Waals surface area contributed by atoms with Crippen LogP contribution in [0.25, 0.3) is 0 Å². The van der Waals surface area contributed by atoms with Gasteiger partial charge in [-0.05, 0) is 30.0 Å². The lowest BCUT2D eigenvalue weighted by molar-refractivity contribution is 0.414. The molecule has 1 aromatic heterocycles. The van der Waals surface area contributed by atoms with Crippen LogP contribution in [0.15, 0.2) is 24.3 Å². The molecule has 0 atom stereocenters. The van der Waals surface area contributed by atoms with E-state index in [0.29, 0.717) is 11.7 Å². The summed E-state index contributed by atoms with van der Waals surface area (Å²) in [5.74, 6) is 1.73. The van der Waals surface area contributed by atoms with Gasteiger partial charge in [0.15, 0.2) is 5.82 Å². The first kappa shape index (κ1) is 13.4. The molecule has 0 aliphatic rings. The Morgan fingerprint density at radius 1 is 1.26 bits per heavy atom. The van der Waals surface area contributed by atoms with E-state index >= 15 is 0 Å². The smallest absolute Gasteiger partial charge is 0.169 e. The number of nitrogens with two attached hydrogens (primary N) is 1. The Hall–Kier alpha value is -2.04. The summed E-state index contributed by atoms with van der Waals surface area (Å²) in [6, 6.07) is 8.06. The lowest BCUT2D eigenvalue weighted by Gasteiger charge is -2.09. The molecule has 1 heterocycles. The molecule has 0 radical (unpaired) electrons. The highest BCUT2D eigenvalue weighted by molar-refractivity contribution is 5.35. The van der Waals surface area contributed by atoms with Crippen LogP contribution >= 0.6 is 0 Å². The van der Waals surface area contributed by atoms with Crippen LogP contribution in [-0.4, -0.2) is 22.1 Å². The molecule has 0 fully saturated rings. The summed E-state index contributed by atoms with van der Waals surface area (Å²) >= 11 is 0. The molecule has 2 rings (SSSR count). The van der Waals surface area contributed by atoms with E-state index in [-0.39, 0.29) is 0 Å². The third-order valence-electron chi connectivity index (χ3n) is 3.12. The molecule has 1 aromatic carbocycles. The summed E-state index contributed by atoms with van der Waals surface area (Å²) in [6.07, 6.45) is 0.895. The largest absolute Gasteiger partial charge is 0.497 e. The highest BCUT2D eigenvalue weighted by Crippen LogP contribution is 2.19. The molecule has 2 aromatic rings. The van der Waals surface area contributed by atoms with Crippen molar-refractivity contribution in [2.24, 2.45) is 0 Å². The third kappa shape index (κ3) is 3.05. The van der Waals surface area contributed by atoms with Crippen LogP contribution in [0.2, 0.25) is 0 Å². The van der Waals surface area contributed by atoms with Gasteiger partial charge >= 0.3 is 0 Å². The van der Waals surface area contributed by atoms with Crippen molar-refractivity contribution in [3.8, 4) is 5.75 Å². The Labute approximate surface area is 113 Å². The molecular weight excluding hydrogens is 240 g/mol. The van der Waals surface area contributed by atoms with E-state index in [4.69, 9.17) is 10.5 Å². The van der Waals surface area contributed by atoms with Crippen LogP contribution in [0.5, 0.6) is 5.75 Å². The van der Waals surface area contributed by atoms with Gasteiger partial charge in [0.05, 0.1) is 12.8 Å². The van der Waals surface area contributed by atoms with Crippen LogP contribution in [0.4, 0.5) is 5.82 Å². The lowest BCUT2D eigenvalue weighted by atomic mass is 10.1. The molecule has 0 spiro atoms. The van der Waals surface area contributed by atoms with E-state index in [1.807, 2.05) is 16.8 Å². The maximum atomic E-state index is 5.84. The Morgan fingerprint density at radius 2 is 1.95 bits per heavy atom. The van der Waals surface area contributed by atoms with Crippen molar-refractivity contribution in [2.45, 2.75) is 32.7 Å². The molecule has 2 N–H and O–H groups in total. The average molecular weight is 260 g/mol. The van der Waals surface area contributed by atoms with Gasteiger partial charge in [-0.3, -0.25) is 0 Å². The van der Waals surface area contributed by atoms with Crippen LogP contribution in [0.3, 0.4) is 0 Å². The predicted octanol–water partition coefficient (Wildman–Crippen LogP) is 2.24. The summed E-state index contributed by atoms with van der Waals surface area (Å²) in [4.78, 5) is 0. The highest BCUT2D eigenvalue weighted by atomic mass is 16.5. The van der Waals surface area contributed by atoms with Gasteiger partial charge in [0, 0.05) is 6.54 Å². The zero-order valence-electron chi connectivity index (χ0n) is 11.6. The molecule has 0 aliphatic carbocycles. The van der Waals surface area contributed by atoms with Gasteiger partial charge in [0.2, 0.25) is 0 Å². The van der Waals surface area contributed by atoms with Crippen molar-refractivity contribution in [1.29, 1.82) is 0 Å². The van der Waals surface area contributed by atoms with E-state index in [1.165, 1.54) is 5.56 Å². The first-order valence-electron chi connectivity index (χ1n) is 6.43. The number of ether oxygens (including phenoxy) is 1. The molecule has 19 heavy (non-hydrogen) atoms. The lowest BCUT2D eigenvalue weighted by Crippen LogP contribution is -2.09. The van der Waals surface area contributed by atoms with Gasteiger partial charge in [-0.1, -0.05) is 31.2 Å². The molecular formula is C14H20N4O. The number of aryl methyl sites for hydroxylation is 2. The fraction of sp³-hybridized carbons (Fsp3) is 0.429. The molecule has 0 amide bonds. The molecule has 5 heteroatoms. The zero-order chi connectivity index (χ0) is 13.8. The van der Waals surface area contributed by atoms with Crippen molar-refractivity contribution in [2.75, 3.05) is 12.8 Å². The maximum Gasteiger partial charge on any atom is 0.169 e. The molecule has 0 bridgehead atoms. The monoisotopic (exact) mass is 260 g/mol. The summed E-state index contributed by atoms with van der Waals surface area (Å²) in [5, 5.41) is 8.05. The van der Waals surface area contributed by atoms with Crippen LogP contribution in [0.1, 0.15) is 31.0 Å². The highest BCUT2D eigenvalue weighted by Gasteiger charge is 2.13. The number of methoxy groups -OCH3 is 1. The first-order chi connectivity index (χ1) is 9.11. The predicted molar refractivity (Wildman–Crippen MR) is 75.2 cm³/mol. The summed E-state index contributed by atoms with van der Waals surface area (Å²) in [7, 11) is 1.67. The number of rotatable bonds is 5. The van der Waals surface area contributed by atoms with Crippen molar-refractivity contribution in [3.05, 3.63) is 35.5 Å². The quantitative estimate of drug-likeness (QED) is 0.895. The Bertz CT molecular complexity index is 531. The van der Waals surface area contributed by atoms with E-state index in [2.05, 4.69) is 36.3 Å². The van der Waals surface area contributed by atoms with E-state index in [9.17, 15) is 0 Å². The second-order valence-corrected chi connectivity index (χ2v) is 4.84. The van der Waals surface area contributed by atoms with E-state index in [1.54, 1.807) is 7.11 Å². The van der Waals surface area contributed by atoms with Gasteiger partial charge in [-0.15, -0.1) is 5.10 Å². The number of hydrogen-bond acceptors (Lipinski definition) is 4. The van der Waals surface area contributed by atoms with E-state index < -0.39 is 0 Å². The number of aromatic nitrogens is 3. The van der Waals surface area contributed by atoms with Crippen molar-refractivity contribution >= 4 is 5.82 Å². The summed E-state index contributed by atoms with van der Waals surface area (Å²) < 4.78 is 7.03. The first-order valence-corrected chi connectivity index (χ1v) is 6.43. The van der Waals surface area contributed by atoms with Crippen LogP contribution < -0.4 is 10.5 Å². The second kappa shape index (κ2) is 5.73. The molecule has 0 unspecified atom stereocenters. The Kier molecular flexibility index (Phi) is 4.04. The van der Waals surface area contributed by atoms with Crippen LogP contribution in [-0.2, 0) is 13.0 Å². The van der Waals surface area contributed by atoms with Crippen molar-refractivity contribution < 1.29 is 4.74 Å². The van der Waals surface area contributed by atoms with Crippen molar-refractivity contribution in [3.63, 3.8) is 0 Å². The Balaban J connectivity index is 2.05.